The Bertz CT molecular complexity index is 2230. The number of hydrogen-bond donors (Lipinski definition) is 2. The maximum Gasteiger partial charge on any atom is 0.260 e. The number of aryl methyl sites for hydroxylation is 1. The van der Waals surface area contributed by atoms with E-state index >= 15 is 0 Å². The highest BCUT2D eigenvalue weighted by molar-refractivity contribution is 6.44. The number of benzene rings is 1. The van der Waals surface area contributed by atoms with Crippen molar-refractivity contribution in [3.05, 3.63) is 110 Å². The lowest BCUT2D eigenvalue weighted by Gasteiger charge is -2.22. The number of rotatable bonds is 6. The zero-order chi connectivity index (χ0) is 32.4. The van der Waals surface area contributed by atoms with E-state index in [1.54, 1.807) is 33.9 Å². The Balaban J connectivity index is 1.65. The number of carbonyl (C=O) groups excluding carboxylic acids is 1. The third kappa shape index (κ3) is 6.09. The molecule has 45 heavy (non-hydrogen) atoms. The molecule has 0 spiro atoms. The minimum Gasteiger partial charge on any atom is -0.381 e. The van der Waals surface area contributed by atoms with E-state index in [9.17, 15) is 9.59 Å². The Morgan fingerprint density at radius 3 is 2.64 bits per heavy atom. The van der Waals surface area contributed by atoms with Crippen LogP contribution in [0.25, 0.3) is 16.4 Å². The van der Waals surface area contributed by atoms with Gasteiger partial charge in [-0.05, 0) is 36.0 Å². The minimum absolute atomic E-state index is 0.0617. The molecule has 1 amide bonds. The van der Waals surface area contributed by atoms with Crippen LogP contribution in [0.5, 0.6) is 0 Å². The van der Waals surface area contributed by atoms with Gasteiger partial charge < -0.3 is 15.6 Å². The number of terminal acetylenes is 1. The van der Waals surface area contributed by atoms with Crippen LogP contribution in [-0.4, -0.2) is 66.2 Å². The van der Waals surface area contributed by atoms with Crippen LogP contribution in [0.4, 0.5) is 5.82 Å². The number of hydrogen-bond acceptors (Lipinski definition) is 6. The van der Waals surface area contributed by atoms with Gasteiger partial charge in [0, 0.05) is 43.4 Å². The topological polar surface area (TPSA) is 125 Å². The van der Waals surface area contributed by atoms with Crippen LogP contribution in [-0.2, 0) is 13.6 Å². The van der Waals surface area contributed by atoms with Crippen molar-refractivity contribution in [1.82, 2.24) is 34.3 Å². The standard InChI is InChI=1S/C31H30B4N8O2/c1-4-21(32)26(34)27(35)22(33)16-42-23(17(2)39-30(44)25-28(36)40-43-12-6-11-37-29(25)43)13-20-8-5-7-19(24(20)31(42)45)10-9-18-14-38-41(3)15-18/h1,5-8,11-15,17H,16,32-35H2,2-3H3,(H2,36,40)(H,39,44)/b26-21-,27-22-/t17-/m0/s1. The fourth-order valence-corrected chi connectivity index (χ4v) is 5.20. The molecule has 1 atom stereocenters. The molecule has 0 saturated carbocycles. The number of nitrogens with zero attached hydrogens (tertiary/aromatic N) is 6. The summed E-state index contributed by atoms with van der Waals surface area (Å²) in [4.78, 5) is 32.2. The van der Waals surface area contributed by atoms with Gasteiger partial charge in [0.15, 0.2) is 11.5 Å². The predicted molar refractivity (Wildman–Crippen MR) is 188 cm³/mol. The third-order valence-corrected chi connectivity index (χ3v) is 8.03. The first-order valence-corrected chi connectivity index (χ1v) is 14.4. The smallest absolute Gasteiger partial charge is 0.260 e. The van der Waals surface area contributed by atoms with Crippen molar-refractivity contribution in [3.63, 3.8) is 0 Å². The molecule has 14 heteroatoms. The van der Waals surface area contributed by atoms with Crippen LogP contribution in [0.3, 0.4) is 0 Å². The lowest BCUT2D eigenvalue weighted by molar-refractivity contribution is 0.0940. The lowest BCUT2D eigenvalue weighted by Crippen LogP contribution is -2.33. The second-order valence-electron chi connectivity index (χ2n) is 11.0. The van der Waals surface area contributed by atoms with Gasteiger partial charge in [0.1, 0.15) is 36.9 Å². The number of amides is 1. The lowest BCUT2D eigenvalue weighted by atomic mass is 9.66. The fraction of sp³-hybridized carbons (Fsp3) is 0.129. The predicted octanol–water partition coefficient (Wildman–Crippen LogP) is -1.16. The second kappa shape index (κ2) is 12.6. The van der Waals surface area contributed by atoms with Crippen molar-refractivity contribution in [3.8, 4) is 24.2 Å². The maximum atomic E-state index is 14.4. The van der Waals surface area contributed by atoms with Crippen molar-refractivity contribution >= 4 is 59.5 Å². The molecule has 0 radical (unpaired) electrons. The molecular weight excluding hydrogens is 560 g/mol. The highest BCUT2D eigenvalue weighted by Gasteiger charge is 2.23. The molecule has 3 N–H and O–H groups in total. The summed E-state index contributed by atoms with van der Waals surface area (Å²) < 4.78 is 4.83. The Hall–Kier alpha value is -5.61. The van der Waals surface area contributed by atoms with Crippen LogP contribution >= 0.6 is 0 Å². The van der Waals surface area contributed by atoms with Crippen molar-refractivity contribution in [2.75, 3.05) is 5.73 Å². The van der Waals surface area contributed by atoms with E-state index in [0.29, 0.717) is 27.7 Å². The van der Waals surface area contributed by atoms with Gasteiger partial charge in [-0.15, -0.1) is 17.0 Å². The largest absolute Gasteiger partial charge is 0.381 e. The molecule has 0 saturated heterocycles. The van der Waals surface area contributed by atoms with E-state index in [2.05, 4.69) is 38.3 Å². The van der Waals surface area contributed by atoms with Crippen molar-refractivity contribution < 1.29 is 4.79 Å². The number of nitrogen functional groups attached to an aromatic ring is 1. The molecule has 0 fully saturated rings. The van der Waals surface area contributed by atoms with Gasteiger partial charge in [-0.25, -0.2) is 9.50 Å². The molecule has 0 unspecified atom stereocenters. The maximum absolute atomic E-state index is 14.4. The van der Waals surface area contributed by atoms with Crippen molar-refractivity contribution in [2.24, 2.45) is 7.05 Å². The van der Waals surface area contributed by atoms with E-state index in [0.717, 1.165) is 27.5 Å². The van der Waals surface area contributed by atoms with Crippen LogP contribution in [0, 0.1) is 24.2 Å². The van der Waals surface area contributed by atoms with E-state index in [1.807, 2.05) is 75.8 Å². The van der Waals surface area contributed by atoms with Crippen LogP contribution in [0.1, 0.15) is 40.1 Å². The van der Waals surface area contributed by atoms with Crippen LogP contribution in [0.15, 0.2) is 81.8 Å². The third-order valence-electron chi connectivity index (χ3n) is 8.03. The highest BCUT2D eigenvalue weighted by atomic mass is 16.2. The number of allylic oxidation sites excluding steroid dienone is 4. The minimum atomic E-state index is -0.588. The van der Waals surface area contributed by atoms with Gasteiger partial charge >= 0.3 is 0 Å². The molecule has 218 valence electrons. The van der Waals surface area contributed by atoms with Crippen molar-refractivity contribution in [2.45, 2.75) is 19.5 Å². The Morgan fingerprint density at radius 2 is 1.93 bits per heavy atom. The molecule has 0 aliphatic heterocycles. The molecule has 0 aliphatic rings. The first kappa shape index (κ1) is 30.8. The summed E-state index contributed by atoms with van der Waals surface area (Å²) >= 11 is 0. The van der Waals surface area contributed by atoms with Crippen LogP contribution in [0.2, 0.25) is 0 Å². The van der Waals surface area contributed by atoms with Gasteiger partial charge in [0.05, 0.1) is 23.2 Å². The Labute approximate surface area is 264 Å². The molecule has 5 rings (SSSR count). The summed E-state index contributed by atoms with van der Waals surface area (Å²) in [6.07, 6.45) is 12.4. The Morgan fingerprint density at radius 1 is 1.16 bits per heavy atom. The van der Waals surface area contributed by atoms with Crippen LogP contribution < -0.4 is 16.6 Å². The molecule has 4 heterocycles. The number of anilines is 1. The van der Waals surface area contributed by atoms with E-state index in [1.165, 1.54) is 4.52 Å². The quantitative estimate of drug-likeness (QED) is 0.146. The number of nitrogens with two attached hydrogens (primary N) is 1. The summed E-state index contributed by atoms with van der Waals surface area (Å²) in [5.41, 5.74) is 12.1. The number of carbonyl (C=O) groups is 1. The molecule has 0 aliphatic carbocycles. The highest BCUT2D eigenvalue weighted by Crippen LogP contribution is 2.23. The van der Waals surface area contributed by atoms with E-state index in [4.69, 9.17) is 12.2 Å². The number of pyridine rings is 1. The monoisotopic (exact) mass is 590 g/mol. The summed E-state index contributed by atoms with van der Waals surface area (Å²) in [7, 11) is 9.66. The fourth-order valence-electron chi connectivity index (χ4n) is 5.20. The summed E-state index contributed by atoms with van der Waals surface area (Å²) in [5, 5.41) is 12.6. The number of aromatic nitrogens is 6. The number of nitrogens with one attached hydrogen (secondary N) is 1. The van der Waals surface area contributed by atoms with E-state index < -0.39 is 11.9 Å². The van der Waals surface area contributed by atoms with Gasteiger partial charge in [0.2, 0.25) is 0 Å². The van der Waals surface area contributed by atoms with Gasteiger partial charge in [0.25, 0.3) is 11.5 Å². The summed E-state index contributed by atoms with van der Waals surface area (Å²) in [6.45, 7) is 2.10. The zero-order valence-electron chi connectivity index (χ0n) is 26.1. The second-order valence-corrected chi connectivity index (χ2v) is 11.0. The normalized spacial score (nSPS) is 12.9. The summed E-state index contributed by atoms with van der Waals surface area (Å²) in [6, 6.07) is 8.61. The molecule has 0 bridgehead atoms. The van der Waals surface area contributed by atoms with E-state index in [-0.39, 0.29) is 23.5 Å². The average molecular weight is 590 g/mol. The molecule has 5 aromatic rings. The van der Waals surface area contributed by atoms with Crippen molar-refractivity contribution in [1.29, 1.82) is 0 Å². The first-order chi connectivity index (χ1) is 21.5. The Kier molecular flexibility index (Phi) is 8.60. The van der Waals surface area contributed by atoms with Gasteiger partial charge in [-0.1, -0.05) is 40.8 Å². The zero-order valence-corrected chi connectivity index (χ0v) is 26.1. The average Bonchev–Trinajstić information content (AvgIpc) is 3.60. The molecule has 10 nitrogen and oxygen atoms in total. The molecule has 4 aromatic heterocycles. The molecule has 1 aromatic carbocycles. The van der Waals surface area contributed by atoms with Gasteiger partial charge in [-0.2, -0.15) is 5.10 Å². The molecular formula is C31H30B4N8O2. The summed E-state index contributed by atoms with van der Waals surface area (Å²) in [5.74, 6) is 8.60. The number of fused-ring (bicyclic) bond motifs is 2. The SMILES string of the molecule is B/C(C#C)=C(B)/C(B)=C(/B)Cn1c([C@H](C)NC(=O)c2c(N)nn3cccnc23)cc2cccc(C#Cc3cnn(C)c3)c2c1=O. The first-order valence-electron chi connectivity index (χ1n) is 14.4. The van der Waals surface area contributed by atoms with Gasteiger partial charge in [-0.3, -0.25) is 14.3 Å².